The lowest BCUT2D eigenvalue weighted by atomic mass is 9.84. The summed E-state index contributed by atoms with van der Waals surface area (Å²) in [7, 11) is -1.90. The van der Waals surface area contributed by atoms with Crippen molar-refractivity contribution in [3.63, 3.8) is 0 Å². The van der Waals surface area contributed by atoms with Gasteiger partial charge in [-0.3, -0.25) is 0 Å². The highest BCUT2D eigenvalue weighted by atomic mass is 28.3. The molecule has 0 amide bonds. The van der Waals surface area contributed by atoms with Crippen molar-refractivity contribution >= 4 is 72.3 Å². The summed E-state index contributed by atoms with van der Waals surface area (Å²) in [6, 6.07) is 63.3. The van der Waals surface area contributed by atoms with Gasteiger partial charge >= 0.3 is 0 Å². The van der Waals surface area contributed by atoms with Crippen molar-refractivity contribution in [2.45, 2.75) is 13.1 Å². The normalized spacial score (nSPS) is 12.0. The second-order valence-corrected chi connectivity index (χ2v) is 17.7. The van der Waals surface area contributed by atoms with Crippen molar-refractivity contribution in [2.75, 3.05) is 0 Å². The van der Waals surface area contributed by atoms with Gasteiger partial charge in [-0.1, -0.05) is 187 Å². The van der Waals surface area contributed by atoms with Crippen LogP contribution in [0.3, 0.4) is 0 Å². The van der Waals surface area contributed by atoms with Crippen molar-refractivity contribution < 1.29 is 0 Å². The Morgan fingerprint density at radius 2 is 0.766 bits per heavy atom. The van der Waals surface area contributed by atoms with Gasteiger partial charge in [-0.05, 0) is 82.2 Å². The van der Waals surface area contributed by atoms with E-state index < -0.39 is 8.07 Å². The van der Waals surface area contributed by atoms with Gasteiger partial charge in [0.2, 0.25) is 0 Å². The Balaban J connectivity index is 1.22. The fourth-order valence-electron chi connectivity index (χ4n) is 7.71. The van der Waals surface area contributed by atoms with Crippen LogP contribution in [0.25, 0.3) is 76.1 Å². The topological polar surface area (TPSA) is 0 Å². The average molecular weight is 615 g/mol. The highest BCUT2D eigenvalue weighted by molar-refractivity contribution is 7.00. The molecule has 222 valence electrons. The summed E-state index contributed by atoms with van der Waals surface area (Å²) in [4.78, 5) is 0. The van der Waals surface area contributed by atoms with E-state index in [1.807, 2.05) is 0 Å². The van der Waals surface area contributed by atoms with Gasteiger partial charge in [0.25, 0.3) is 0 Å². The molecule has 0 spiro atoms. The third-order valence-corrected chi connectivity index (χ3v) is 13.8. The molecule has 0 aliphatic heterocycles. The summed E-state index contributed by atoms with van der Waals surface area (Å²) >= 11 is 0. The molecule has 9 aromatic rings. The van der Waals surface area contributed by atoms with Gasteiger partial charge in [-0.15, -0.1) is 0 Å². The molecule has 0 aromatic heterocycles. The second kappa shape index (κ2) is 10.8. The van der Waals surface area contributed by atoms with Crippen LogP contribution >= 0.6 is 0 Å². The van der Waals surface area contributed by atoms with Gasteiger partial charge in [-0.2, -0.15) is 0 Å². The lowest BCUT2D eigenvalue weighted by molar-refractivity contribution is 1.68. The molecule has 0 bridgehead atoms. The Morgan fingerprint density at radius 1 is 0.319 bits per heavy atom. The summed E-state index contributed by atoms with van der Waals surface area (Å²) in [5.74, 6) is 0. The third kappa shape index (κ3) is 4.50. The molecule has 0 saturated heterocycles. The molecule has 0 aliphatic carbocycles. The average Bonchev–Trinajstić information content (AvgIpc) is 3.13. The summed E-state index contributed by atoms with van der Waals surface area (Å²) in [6.45, 7) is 4.95. The maximum absolute atomic E-state index is 2.47. The van der Waals surface area contributed by atoms with Crippen LogP contribution in [0.15, 0.2) is 170 Å². The molecule has 0 radical (unpaired) electrons. The molecular formula is C46H34Si. The summed E-state index contributed by atoms with van der Waals surface area (Å²) < 4.78 is 0. The van der Waals surface area contributed by atoms with Crippen LogP contribution in [0.5, 0.6) is 0 Å². The van der Waals surface area contributed by atoms with Crippen molar-refractivity contribution in [1.82, 2.24) is 0 Å². The number of rotatable bonds is 4. The summed E-state index contributed by atoms with van der Waals surface area (Å²) in [5, 5.41) is 15.8. The van der Waals surface area contributed by atoms with E-state index in [4.69, 9.17) is 0 Å². The van der Waals surface area contributed by atoms with Crippen LogP contribution in [0, 0.1) is 0 Å². The largest absolute Gasteiger partial charge is 0.112 e. The quantitative estimate of drug-likeness (QED) is 0.137. The minimum atomic E-state index is -1.90. The highest BCUT2D eigenvalue weighted by Crippen LogP contribution is 2.45. The van der Waals surface area contributed by atoms with E-state index in [0.717, 1.165) is 0 Å². The van der Waals surface area contributed by atoms with Crippen molar-refractivity contribution in [2.24, 2.45) is 0 Å². The maximum atomic E-state index is 2.47. The first-order valence-electron chi connectivity index (χ1n) is 16.5. The van der Waals surface area contributed by atoms with Crippen LogP contribution in [-0.4, -0.2) is 8.07 Å². The predicted octanol–water partition coefficient (Wildman–Crippen LogP) is 11.6. The Bertz CT molecular complexity index is 2600. The lowest BCUT2D eigenvalue weighted by Gasteiger charge is -2.25. The molecule has 0 fully saturated rings. The van der Waals surface area contributed by atoms with Crippen molar-refractivity contribution in [1.29, 1.82) is 0 Å². The van der Waals surface area contributed by atoms with Gasteiger partial charge in [-0.25, -0.2) is 0 Å². The van der Waals surface area contributed by atoms with E-state index in [-0.39, 0.29) is 0 Å². The second-order valence-electron chi connectivity index (χ2n) is 13.3. The molecule has 0 saturated carbocycles. The van der Waals surface area contributed by atoms with Gasteiger partial charge in [0.15, 0.2) is 0 Å². The molecule has 0 aliphatic rings. The van der Waals surface area contributed by atoms with Crippen molar-refractivity contribution in [3.8, 4) is 22.3 Å². The third-order valence-electron chi connectivity index (χ3n) is 10.3. The van der Waals surface area contributed by atoms with Gasteiger partial charge < -0.3 is 0 Å². The zero-order valence-electron chi connectivity index (χ0n) is 26.7. The molecular weight excluding hydrogens is 581 g/mol. The van der Waals surface area contributed by atoms with Crippen LogP contribution in [0.2, 0.25) is 13.1 Å². The van der Waals surface area contributed by atoms with E-state index in [9.17, 15) is 0 Å². The molecule has 0 nitrogen and oxygen atoms in total. The van der Waals surface area contributed by atoms with Crippen LogP contribution in [-0.2, 0) is 0 Å². The zero-order valence-corrected chi connectivity index (χ0v) is 27.7. The monoisotopic (exact) mass is 614 g/mol. The Hall–Kier alpha value is -5.50. The number of hydrogen-bond donors (Lipinski definition) is 0. The highest BCUT2D eigenvalue weighted by Gasteiger charge is 2.26. The molecule has 0 atom stereocenters. The fraction of sp³-hybridized carbons (Fsp3) is 0.0435. The molecule has 0 unspecified atom stereocenters. The first kappa shape index (κ1) is 27.8. The minimum Gasteiger partial charge on any atom is -0.0620 e. The molecule has 9 aromatic carbocycles. The molecule has 1 heteroatoms. The lowest BCUT2D eigenvalue weighted by Crippen LogP contribution is -2.52. The molecule has 0 heterocycles. The van der Waals surface area contributed by atoms with Gasteiger partial charge in [0, 0.05) is 0 Å². The predicted molar refractivity (Wildman–Crippen MR) is 208 cm³/mol. The van der Waals surface area contributed by atoms with E-state index >= 15 is 0 Å². The Labute approximate surface area is 276 Å². The van der Waals surface area contributed by atoms with Crippen LogP contribution in [0.4, 0.5) is 0 Å². The van der Waals surface area contributed by atoms with Gasteiger partial charge in [0.05, 0.1) is 0 Å². The Kier molecular flexibility index (Phi) is 6.38. The van der Waals surface area contributed by atoms with E-state index in [1.54, 1.807) is 0 Å². The standard InChI is InChI=1S/C46H34Si/c1-47(2,37-26-24-31-12-3-4-14-33(31)29-37)38-27-25-34-28-36(23-22-35(34)30-38)45-41-17-7-9-19-43(41)46(44-20-10-8-18-42(44)45)40-21-11-15-32-13-5-6-16-39(32)40/h3-30H,1-2H3. The van der Waals surface area contributed by atoms with E-state index in [1.165, 1.54) is 86.5 Å². The SMILES string of the molecule is C[Si](C)(c1ccc2ccccc2c1)c1ccc2cc(-c3c4ccccc4c(-c4cccc5ccccc45)c4ccccc34)ccc2c1. The fourth-order valence-corrected chi connectivity index (χ4v) is 10.1. The summed E-state index contributed by atoms with van der Waals surface area (Å²) in [5.41, 5.74) is 5.15. The number of benzene rings is 9. The molecule has 9 rings (SSSR count). The zero-order chi connectivity index (χ0) is 31.5. The molecule has 0 N–H and O–H groups in total. The smallest absolute Gasteiger partial charge is 0.0620 e. The van der Waals surface area contributed by atoms with Crippen molar-refractivity contribution in [3.05, 3.63) is 170 Å². The first-order chi connectivity index (χ1) is 23.1. The van der Waals surface area contributed by atoms with Crippen LogP contribution in [0.1, 0.15) is 0 Å². The minimum absolute atomic E-state index is 1.26. The van der Waals surface area contributed by atoms with E-state index in [2.05, 4.69) is 183 Å². The van der Waals surface area contributed by atoms with Crippen LogP contribution < -0.4 is 10.4 Å². The summed E-state index contributed by atoms with van der Waals surface area (Å²) in [6.07, 6.45) is 0. The first-order valence-corrected chi connectivity index (χ1v) is 19.5. The maximum Gasteiger partial charge on any atom is 0.112 e. The number of hydrogen-bond acceptors (Lipinski definition) is 0. The number of fused-ring (bicyclic) bond motifs is 5. The van der Waals surface area contributed by atoms with E-state index in [0.29, 0.717) is 0 Å². The van der Waals surface area contributed by atoms with Gasteiger partial charge in [0.1, 0.15) is 8.07 Å². The molecule has 47 heavy (non-hydrogen) atoms. The Morgan fingerprint density at radius 3 is 1.43 bits per heavy atom.